The topological polar surface area (TPSA) is 83.1 Å². The normalized spacial score (nSPS) is 19.2. The zero-order valence-corrected chi connectivity index (χ0v) is 10.2. The summed E-state index contributed by atoms with van der Waals surface area (Å²) in [5.74, 6) is -0.194. The summed E-state index contributed by atoms with van der Waals surface area (Å²) in [5, 5.41) is 8.36. The highest BCUT2D eigenvalue weighted by molar-refractivity contribution is 5.86. The average molecular weight is 248 g/mol. The van der Waals surface area contributed by atoms with E-state index in [4.69, 9.17) is 0 Å². The summed E-state index contributed by atoms with van der Waals surface area (Å²) in [7, 11) is 0. The van der Waals surface area contributed by atoms with Crippen LogP contribution in [0.25, 0.3) is 0 Å². The monoisotopic (exact) mass is 248 g/mol. The van der Waals surface area contributed by atoms with Crippen molar-refractivity contribution in [3.63, 3.8) is 0 Å². The van der Waals surface area contributed by atoms with Gasteiger partial charge in [-0.3, -0.25) is 19.9 Å². The second-order valence-electron chi connectivity index (χ2n) is 4.26. The van der Waals surface area contributed by atoms with E-state index in [-0.39, 0.29) is 24.4 Å². The van der Waals surface area contributed by atoms with E-state index in [9.17, 15) is 9.59 Å². The standard InChI is InChI=1S/C12H16N4O2/c1-8-2-3-13-4-9(8)5-16-12(18)10-6-15-11(17)7-14-10/h2-4,10,14H,5-7H2,1H3,(H,15,17)(H,16,18). The summed E-state index contributed by atoms with van der Waals surface area (Å²) in [6, 6.07) is 1.54. The number of aromatic nitrogens is 1. The molecule has 6 heteroatoms. The lowest BCUT2D eigenvalue weighted by molar-refractivity contribution is -0.126. The Balaban J connectivity index is 1.85. The van der Waals surface area contributed by atoms with E-state index in [1.165, 1.54) is 0 Å². The van der Waals surface area contributed by atoms with Crippen LogP contribution in [0, 0.1) is 6.92 Å². The van der Waals surface area contributed by atoms with Gasteiger partial charge in [0.2, 0.25) is 11.8 Å². The van der Waals surface area contributed by atoms with Gasteiger partial charge in [-0.2, -0.15) is 0 Å². The van der Waals surface area contributed by atoms with Gasteiger partial charge in [-0.05, 0) is 24.1 Å². The summed E-state index contributed by atoms with van der Waals surface area (Å²) in [6.45, 7) is 2.94. The molecular formula is C12H16N4O2. The summed E-state index contributed by atoms with van der Waals surface area (Å²) < 4.78 is 0. The number of pyridine rings is 1. The second-order valence-corrected chi connectivity index (χ2v) is 4.26. The number of nitrogens with one attached hydrogen (secondary N) is 3. The molecule has 18 heavy (non-hydrogen) atoms. The molecule has 2 amide bonds. The number of hydrogen-bond donors (Lipinski definition) is 3. The minimum absolute atomic E-state index is 0.0813. The average Bonchev–Trinajstić information content (AvgIpc) is 2.38. The van der Waals surface area contributed by atoms with Crippen molar-refractivity contribution < 1.29 is 9.59 Å². The van der Waals surface area contributed by atoms with E-state index in [1.807, 2.05) is 13.0 Å². The number of nitrogens with zero attached hydrogens (tertiary/aromatic N) is 1. The predicted octanol–water partition coefficient (Wildman–Crippen LogP) is -0.906. The van der Waals surface area contributed by atoms with Crippen molar-refractivity contribution in [1.29, 1.82) is 0 Å². The highest BCUT2D eigenvalue weighted by Gasteiger charge is 2.23. The minimum atomic E-state index is -0.361. The van der Waals surface area contributed by atoms with Crippen molar-refractivity contribution in [1.82, 2.24) is 20.9 Å². The van der Waals surface area contributed by atoms with Gasteiger partial charge < -0.3 is 10.6 Å². The Morgan fingerprint density at radius 2 is 2.44 bits per heavy atom. The van der Waals surface area contributed by atoms with Crippen LogP contribution in [-0.4, -0.2) is 35.9 Å². The summed E-state index contributed by atoms with van der Waals surface area (Å²) in [5.41, 5.74) is 2.08. The molecule has 1 fully saturated rings. The van der Waals surface area contributed by atoms with Gasteiger partial charge in [-0.15, -0.1) is 0 Å². The molecule has 1 aliphatic rings. The fourth-order valence-corrected chi connectivity index (χ4v) is 1.74. The van der Waals surface area contributed by atoms with Crippen molar-refractivity contribution in [3.05, 3.63) is 29.6 Å². The zero-order chi connectivity index (χ0) is 13.0. The van der Waals surface area contributed by atoms with E-state index in [0.29, 0.717) is 13.1 Å². The fraction of sp³-hybridized carbons (Fsp3) is 0.417. The molecule has 3 N–H and O–H groups in total. The molecular weight excluding hydrogens is 232 g/mol. The van der Waals surface area contributed by atoms with Crippen molar-refractivity contribution >= 4 is 11.8 Å². The Hall–Kier alpha value is -1.95. The molecule has 0 spiro atoms. The first kappa shape index (κ1) is 12.5. The maximum Gasteiger partial charge on any atom is 0.239 e. The quantitative estimate of drug-likeness (QED) is 0.647. The number of piperazine rings is 1. The third-order valence-corrected chi connectivity index (χ3v) is 2.93. The molecule has 96 valence electrons. The van der Waals surface area contributed by atoms with Crippen molar-refractivity contribution in [2.75, 3.05) is 13.1 Å². The lowest BCUT2D eigenvalue weighted by atomic mass is 10.1. The van der Waals surface area contributed by atoms with Crippen molar-refractivity contribution in [2.45, 2.75) is 19.5 Å². The van der Waals surface area contributed by atoms with Gasteiger partial charge in [0.05, 0.1) is 6.54 Å². The van der Waals surface area contributed by atoms with Crippen LogP contribution in [0.3, 0.4) is 0 Å². The van der Waals surface area contributed by atoms with Gasteiger partial charge in [-0.1, -0.05) is 0 Å². The number of carbonyl (C=O) groups excluding carboxylic acids is 2. The van der Waals surface area contributed by atoms with Crippen LogP contribution in [0.4, 0.5) is 0 Å². The van der Waals surface area contributed by atoms with Crippen LogP contribution in [0.2, 0.25) is 0 Å². The summed E-state index contributed by atoms with van der Waals surface area (Å²) in [4.78, 5) is 26.8. The molecule has 1 aromatic heterocycles. The van der Waals surface area contributed by atoms with Crippen molar-refractivity contribution in [2.24, 2.45) is 0 Å². The Bertz CT molecular complexity index is 451. The zero-order valence-electron chi connectivity index (χ0n) is 10.2. The summed E-state index contributed by atoms with van der Waals surface area (Å²) >= 11 is 0. The lowest BCUT2D eigenvalue weighted by Gasteiger charge is -2.23. The van der Waals surface area contributed by atoms with E-state index in [0.717, 1.165) is 11.1 Å². The van der Waals surface area contributed by atoms with E-state index in [1.54, 1.807) is 12.4 Å². The largest absolute Gasteiger partial charge is 0.353 e. The smallest absolute Gasteiger partial charge is 0.239 e. The van der Waals surface area contributed by atoms with Crippen LogP contribution < -0.4 is 16.0 Å². The van der Waals surface area contributed by atoms with E-state index in [2.05, 4.69) is 20.9 Å². The molecule has 1 unspecified atom stereocenters. The van der Waals surface area contributed by atoms with Gasteiger partial charge in [0.1, 0.15) is 6.04 Å². The Labute approximate surface area is 105 Å². The first-order chi connectivity index (χ1) is 8.66. The SMILES string of the molecule is Cc1ccncc1CNC(=O)C1CNC(=O)CN1. The van der Waals surface area contributed by atoms with E-state index < -0.39 is 0 Å². The molecule has 0 saturated carbocycles. The van der Waals surface area contributed by atoms with Crippen LogP contribution in [0.5, 0.6) is 0 Å². The predicted molar refractivity (Wildman–Crippen MR) is 65.6 cm³/mol. The fourth-order valence-electron chi connectivity index (χ4n) is 1.74. The number of carbonyl (C=O) groups is 2. The molecule has 2 heterocycles. The number of hydrogen-bond acceptors (Lipinski definition) is 4. The molecule has 0 bridgehead atoms. The van der Waals surface area contributed by atoms with Gasteiger partial charge in [-0.25, -0.2) is 0 Å². The van der Waals surface area contributed by atoms with Gasteiger partial charge in [0, 0.05) is 25.5 Å². The van der Waals surface area contributed by atoms with Crippen molar-refractivity contribution in [3.8, 4) is 0 Å². The second kappa shape index (κ2) is 5.59. The lowest BCUT2D eigenvalue weighted by Crippen LogP contribution is -2.57. The van der Waals surface area contributed by atoms with Gasteiger partial charge in [0.25, 0.3) is 0 Å². The first-order valence-corrected chi connectivity index (χ1v) is 5.84. The van der Waals surface area contributed by atoms with Crippen LogP contribution >= 0.6 is 0 Å². The molecule has 1 saturated heterocycles. The molecule has 6 nitrogen and oxygen atoms in total. The Morgan fingerprint density at radius 1 is 1.61 bits per heavy atom. The minimum Gasteiger partial charge on any atom is -0.353 e. The molecule has 2 rings (SSSR count). The Kier molecular flexibility index (Phi) is 3.88. The number of rotatable bonds is 3. The first-order valence-electron chi connectivity index (χ1n) is 5.84. The van der Waals surface area contributed by atoms with E-state index >= 15 is 0 Å². The number of aryl methyl sites for hydroxylation is 1. The van der Waals surface area contributed by atoms with Gasteiger partial charge in [0.15, 0.2) is 0 Å². The molecule has 0 aromatic carbocycles. The highest BCUT2D eigenvalue weighted by Crippen LogP contribution is 2.04. The van der Waals surface area contributed by atoms with Crippen LogP contribution in [-0.2, 0) is 16.1 Å². The molecule has 1 aromatic rings. The molecule has 0 aliphatic carbocycles. The van der Waals surface area contributed by atoms with Gasteiger partial charge >= 0.3 is 0 Å². The maximum atomic E-state index is 11.8. The third-order valence-electron chi connectivity index (χ3n) is 2.93. The summed E-state index contributed by atoms with van der Waals surface area (Å²) in [6.07, 6.45) is 3.46. The highest BCUT2D eigenvalue weighted by atomic mass is 16.2. The number of amides is 2. The van der Waals surface area contributed by atoms with Crippen LogP contribution in [0.15, 0.2) is 18.5 Å². The molecule has 1 atom stereocenters. The molecule has 1 aliphatic heterocycles. The van der Waals surface area contributed by atoms with Crippen LogP contribution in [0.1, 0.15) is 11.1 Å². The third kappa shape index (κ3) is 3.04. The Morgan fingerprint density at radius 3 is 3.11 bits per heavy atom. The molecule has 0 radical (unpaired) electrons. The maximum absolute atomic E-state index is 11.8.